The van der Waals surface area contributed by atoms with Crippen LogP contribution in [0.25, 0.3) is 0 Å². The maximum Gasteiger partial charge on any atom is 0.315 e. The molecule has 0 aromatic rings. The van der Waals surface area contributed by atoms with Gasteiger partial charge in [0.25, 0.3) is 0 Å². The Morgan fingerprint density at radius 1 is 0.529 bits per heavy atom. The third-order valence-corrected chi connectivity index (χ3v) is 23.3. The van der Waals surface area contributed by atoms with Crippen LogP contribution in [0.4, 0.5) is 0 Å². The van der Waals surface area contributed by atoms with E-state index in [9.17, 15) is 76.6 Å². The van der Waals surface area contributed by atoms with Crippen molar-refractivity contribution in [3.8, 4) is 0 Å². The molecule has 10 rings (SSSR count). The first-order chi connectivity index (χ1) is 39.7. The van der Waals surface area contributed by atoms with Gasteiger partial charge in [-0.15, -0.1) is 0 Å². The molecule has 9 fully saturated rings. The van der Waals surface area contributed by atoms with Gasteiger partial charge >= 0.3 is 5.97 Å². The van der Waals surface area contributed by atoms with E-state index in [1.165, 1.54) is 13.8 Å². The molecular formula is C59H96O26. The van der Waals surface area contributed by atoms with Crippen molar-refractivity contribution >= 4 is 5.97 Å². The largest absolute Gasteiger partial charge is 0.432 e. The van der Waals surface area contributed by atoms with Gasteiger partial charge < -0.3 is 124 Å². The fourth-order valence-corrected chi connectivity index (χ4v) is 17.6. The van der Waals surface area contributed by atoms with Crippen LogP contribution >= 0.6 is 0 Å². The SMILES string of the molecule is C[C@@H]1O[C@@H](O[C@H]2[C@H](OC(=O)[C@]34CCC(C)(C)[C@@H](O)C3C3=CCC5[C@@]6(C)CCC(O[C@@H]7OC[C@H](O)[C@H](O[C@@H]8O[C@H](CO)[C@@H](O)[C@H](O)[C@H]8O)[C@H]7O[C@@H]7O[C@@H](C)[C@@H](O)[C@@H](O)[C@H]7O)C(C)(C)C6CC[C@@]5(C)[C@]3(C)CC4)O[C@H](CO)[C@@H](O)[C@@H]2O)[C@H](O)[C@H](O)[C@H]1O. The molecule has 0 aromatic heterocycles. The summed E-state index contributed by atoms with van der Waals surface area (Å²) in [4.78, 5) is 15.4. The Labute approximate surface area is 494 Å². The summed E-state index contributed by atoms with van der Waals surface area (Å²) in [7, 11) is 0. The van der Waals surface area contributed by atoms with Crippen LogP contribution in [0.3, 0.4) is 0 Å². The molecule has 33 atom stereocenters. The predicted octanol–water partition coefficient (Wildman–Crippen LogP) is -2.55. The normalized spacial score (nSPS) is 55.0. The molecule has 26 nitrogen and oxygen atoms in total. The molecule has 5 heterocycles. The van der Waals surface area contributed by atoms with Crippen molar-refractivity contribution in [1.82, 2.24) is 0 Å². The summed E-state index contributed by atoms with van der Waals surface area (Å²) in [6.45, 7) is 16.2. The van der Waals surface area contributed by atoms with Crippen molar-refractivity contribution in [3.05, 3.63) is 11.6 Å². The number of hydrogen-bond donors (Lipinski definition) is 15. The smallest absolute Gasteiger partial charge is 0.315 e. The maximum absolute atomic E-state index is 15.4. The lowest BCUT2D eigenvalue weighted by molar-refractivity contribution is -0.388. The molecule has 15 N–H and O–H groups in total. The van der Waals surface area contributed by atoms with E-state index in [2.05, 4.69) is 40.7 Å². The number of fused-ring (bicyclic) bond motifs is 7. The summed E-state index contributed by atoms with van der Waals surface area (Å²) in [6, 6.07) is 0. The molecule has 5 saturated heterocycles. The van der Waals surface area contributed by atoms with E-state index in [1.54, 1.807) is 0 Å². The zero-order chi connectivity index (χ0) is 62.2. The van der Waals surface area contributed by atoms with Crippen LogP contribution in [-0.4, -0.2) is 262 Å². The fraction of sp³-hybridized carbons (Fsp3) is 0.949. The lowest BCUT2D eigenvalue weighted by Crippen LogP contribution is -2.68. The zero-order valence-corrected chi connectivity index (χ0v) is 50.0. The minimum absolute atomic E-state index is 0.0295. The second-order valence-electron chi connectivity index (χ2n) is 28.6. The first kappa shape index (κ1) is 66.2. The monoisotopic (exact) mass is 1220 g/mol. The van der Waals surface area contributed by atoms with Gasteiger partial charge in [-0.2, -0.15) is 0 Å². The van der Waals surface area contributed by atoms with Gasteiger partial charge in [-0.25, -0.2) is 0 Å². The zero-order valence-electron chi connectivity index (χ0n) is 50.0. The maximum atomic E-state index is 15.4. The molecule has 0 spiro atoms. The number of allylic oxidation sites excluding steroid dienone is 1. The van der Waals surface area contributed by atoms with Crippen molar-refractivity contribution < 1.29 is 129 Å². The number of ether oxygens (including phenoxy) is 10. The summed E-state index contributed by atoms with van der Waals surface area (Å²) >= 11 is 0. The number of carbonyl (C=O) groups excluding carboxylic acids is 1. The van der Waals surface area contributed by atoms with Gasteiger partial charge in [0.05, 0.1) is 49.7 Å². The fourth-order valence-electron chi connectivity index (χ4n) is 17.6. The Balaban J connectivity index is 0.914. The highest BCUT2D eigenvalue weighted by Crippen LogP contribution is 2.76. The molecule has 4 saturated carbocycles. The Bertz CT molecular complexity index is 2380. The van der Waals surface area contributed by atoms with Gasteiger partial charge in [0.2, 0.25) is 6.29 Å². The average molecular weight is 1220 g/mol. The van der Waals surface area contributed by atoms with E-state index < -0.39 is 206 Å². The average Bonchev–Trinajstić information content (AvgIpc) is 0.700. The third kappa shape index (κ3) is 10.8. The third-order valence-electron chi connectivity index (χ3n) is 23.3. The molecule has 0 bridgehead atoms. The number of hydrogen-bond acceptors (Lipinski definition) is 26. The summed E-state index contributed by atoms with van der Waals surface area (Å²) in [5.41, 5.74) is -2.86. The van der Waals surface area contributed by atoms with Gasteiger partial charge in [-0.05, 0) is 111 Å². The van der Waals surface area contributed by atoms with Crippen LogP contribution in [0.5, 0.6) is 0 Å². The van der Waals surface area contributed by atoms with Crippen molar-refractivity contribution in [3.63, 3.8) is 0 Å². The van der Waals surface area contributed by atoms with E-state index in [-0.39, 0.29) is 29.3 Å². The molecule has 0 radical (unpaired) electrons. The van der Waals surface area contributed by atoms with E-state index in [0.717, 1.165) is 18.4 Å². The second-order valence-corrected chi connectivity index (χ2v) is 28.6. The second kappa shape index (κ2) is 24.1. The molecule has 26 heteroatoms. The molecule has 4 unspecified atom stereocenters. The Morgan fingerprint density at radius 2 is 1.05 bits per heavy atom. The van der Waals surface area contributed by atoms with Gasteiger partial charge in [-0.1, -0.05) is 60.1 Å². The van der Waals surface area contributed by atoms with Crippen LogP contribution < -0.4 is 0 Å². The highest BCUT2D eigenvalue weighted by molar-refractivity contribution is 5.79. The van der Waals surface area contributed by atoms with Crippen molar-refractivity contribution in [2.45, 2.75) is 280 Å². The minimum Gasteiger partial charge on any atom is -0.432 e. The van der Waals surface area contributed by atoms with Crippen LogP contribution in [0, 0.1) is 50.2 Å². The van der Waals surface area contributed by atoms with E-state index >= 15 is 4.79 Å². The molecule has 0 aromatic carbocycles. The molecular weight excluding hydrogens is 1120 g/mol. The van der Waals surface area contributed by atoms with Crippen molar-refractivity contribution in [2.24, 2.45) is 50.2 Å². The number of esters is 1. The van der Waals surface area contributed by atoms with Crippen LogP contribution in [0.15, 0.2) is 11.6 Å². The van der Waals surface area contributed by atoms with Crippen LogP contribution in [0.2, 0.25) is 0 Å². The van der Waals surface area contributed by atoms with Crippen molar-refractivity contribution in [2.75, 3.05) is 19.8 Å². The van der Waals surface area contributed by atoms with Crippen LogP contribution in [-0.2, 0) is 52.2 Å². The Hall–Kier alpha value is -1.75. The standard InChI is InChI=1S/C59H96O26/c1-23-33(63)37(67)41(71)48(77-23)83-45-40(70)36(66)28(21-61)80-52(45)85-53(75)59-18-16-54(3,4)47(74)32(59)25-10-11-30-56(7)14-13-31(55(5,6)29(56)12-15-58(30,9)57(25,8)17-19-59)81-51-46(84-49-42(72)38(68)34(64)24(2)78-49)44(26(62)22-76-51)82-50-43(73)39(69)35(65)27(20-60)79-50/h10,23-24,26-52,60-74H,11-22H2,1-9H3/t23-,24-,26-,27+,28+,29?,30?,31?,32?,33-,34+,35+,36+,37+,38+,39-,40-,41+,42+,43+,44-,45+,46+,47-,48-,49-,50-,51-,52-,56-,57+,58+,59-/m0/s1. The molecule has 488 valence electrons. The summed E-state index contributed by atoms with van der Waals surface area (Å²) in [6.07, 6.45) is -32.7. The lowest BCUT2D eigenvalue weighted by atomic mass is 9.33. The van der Waals surface area contributed by atoms with Gasteiger partial charge in [0.1, 0.15) is 97.7 Å². The summed E-state index contributed by atoms with van der Waals surface area (Å²) in [5, 5.41) is 164. The first-order valence-corrected chi connectivity index (χ1v) is 30.6. The number of aliphatic hydroxyl groups excluding tert-OH is 15. The number of rotatable bonds is 12. The first-order valence-electron chi connectivity index (χ1n) is 30.6. The van der Waals surface area contributed by atoms with Gasteiger partial charge in [-0.3, -0.25) is 4.79 Å². The van der Waals surface area contributed by atoms with Gasteiger partial charge in [0.15, 0.2) is 31.3 Å². The lowest BCUT2D eigenvalue weighted by Gasteiger charge is -2.71. The topological polar surface area (TPSA) is 413 Å². The number of carbonyl (C=O) groups is 1. The van der Waals surface area contributed by atoms with E-state index in [1.807, 2.05) is 13.8 Å². The molecule has 5 aliphatic carbocycles. The highest BCUT2D eigenvalue weighted by atomic mass is 16.8. The van der Waals surface area contributed by atoms with Gasteiger partial charge in [0, 0.05) is 5.92 Å². The summed E-state index contributed by atoms with van der Waals surface area (Å²) in [5.74, 6) is -1.37. The number of aliphatic hydroxyl groups is 15. The quantitative estimate of drug-likeness (QED) is 0.0544. The molecule has 10 aliphatic rings. The Morgan fingerprint density at radius 3 is 1.64 bits per heavy atom. The van der Waals surface area contributed by atoms with Crippen LogP contribution in [0.1, 0.15) is 120 Å². The van der Waals surface area contributed by atoms with E-state index in [0.29, 0.717) is 44.9 Å². The Kier molecular flexibility index (Phi) is 18.7. The van der Waals surface area contributed by atoms with E-state index in [4.69, 9.17) is 47.4 Å². The molecule has 5 aliphatic heterocycles. The highest BCUT2D eigenvalue weighted by Gasteiger charge is 2.72. The minimum atomic E-state index is -1.86. The predicted molar refractivity (Wildman–Crippen MR) is 288 cm³/mol. The van der Waals surface area contributed by atoms with Crippen molar-refractivity contribution in [1.29, 1.82) is 0 Å². The molecule has 0 amide bonds. The molecule has 85 heavy (non-hydrogen) atoms. The summed E-state index contributed by atoms with van der Waals surface area (Å²) < 4.78 is 61.2.